The highest BCUT2D eigenvalue weighted by Gasteiger charge is 2.36. The largest absolute Gasteiger partial charge is 0.489 e. The minimum atomic E-state index is -0.307. The standard InChI is InChI=1S/C25H20ClNO3S/c1-2-17-7-11-20(12-8-17)27-24(28)23(31-25(27)29)15-18-9-13-21(14-10-18)30-16-19-5-3-4-6-22(19)26/h3-15H,2,16H2,1H3/b23-15-. The van der Waals surface area contributed by atoms with Crippen LogP contribution in [0.4, 0.5) is 10.5 Å². The Hall–Kier alpha value is -3.02. The summed E-state index contributed by atoms with van der Waals surface area (Å²) in [5, 5.41) is 0.374. The molecule has 6 heteroatoms. The molecule has 0 saturated carbocycles. The average molecular weight is 450 g/mol. The highest BCUT2D eigenvalue weighted by molar-refractivity contribution is 8.19. The zero-order valence-electron chi connectivity index (χ0n) is 16.9. The van der Waals surface area contributed by atoms with Gasteiger partial charge in [0.1, 0.15) is 12.4 Å². The number of ether oxygens (including phenoxy) is 1. The fourth-order valence-corrected chi connectivity index (χ4v) is 4.19. The Morgan fingerprint density at radius 1 is 0.968 bits per heavy atom. The van der Waals surface area contributed by atoms with Gasteiger partial charge in [-0.15, -0.1) is 0 Å². The molecule has 4 rings (SSSR count). The number of aryl methyl sites for hydroxylation is 1. The fourth-order valence-electron chi connectivity index (χ4n) is 3.16. The number of carbonyl (C=O) groups excluding carboxylic acids is 2. The van der Waals surface area contributed by atoms with Crippen LogP contribution in [0.15, 0.2) is 77.7 Å². The molecule has 3 aromatic rings. The van der Waals surface area contributed by atoms with E-state index in [1.54, 1.807) is 6.08 Å². The summed E-state index contributed by atoms with van der Waals surface area (Å²) in [4.78, 5) is 26.9. The third kappa shape index (κ3) is 4.84. The van der Waals surface area contributed by atoms with E-state index in [1.807, 2.05) is 72.8 Å². The molecule has 0 aliphatic carbocycles. The second-order valence-electron chi connectivity index (χ2n) is 6.99. The van der Waals surface area contributed by atoms with Crippen LogP contribution >= 0.6 is 23.4 Å². The summed E-state index contributed by atoms with van der Waals surface area (Å²) in [6.07, 6.45) is 2.63. The number of hydrogen-bond donors (Lipinski definition) is 0. The van der Waals surface area contributed by atoms with E-state index in [0.29, 0.717) is 28.0 Å². The molecule has 1 heterocycles. The van der Waals surface area contributed by atoms with E-state index in [2.05, 4.69) is 6.92 Å². The molecule has 0 unspecified atom stereocenters. The maximum atomic E-state index is 12.8. The Kier molecular flexibility index (Phi) is 6.44. The van der Waals surface area contributed by atoms with Gasteiger partial charge in [-0.25, -0.2) is 4.90 Å². The maximum Gasteiger partial charge on any atom is 0.298 e. The van der Waals surface area contributed by atoms with Crippen LogP contribution in [0, 0.1) is 0 Å². The summed E-state index contributed by atoms with van der Waals surface area (Å²) >= 11 is 7.10. The first-order valence-corrected chi connectivity index (χ1v) is 11.1. The van der Waals surface area contributed by atoms with E-state index in [9.17, 15) is 9.59 Å². The number of imide groups is 1. The molecule has 156 valence electrons. The molecule has 0 bridgehead atoms. The van der Waals surface area contributed by atoms with Gasteiger partial charge < -0.3 is 4.74 Å². The van der Waals surface area contributed by atoms with E-state index in [1.165, 1.54) is 4.90 Å². The number of amides is 2. The molecule has 2 amide bonds. The van der Waals surface area contributed by atoms with Crippen molar-refractivity contribution in [3.05, 3.63) is 99.4 Å². The van der Waals surface area contributed by atoms with Gasteiger partial charge in [0.05, 0.1) is 10.6 Å². The van der Waals surface area contributed by atoms with Gasteiger partial charge in [0.2, 0.25) is 0 Å². The number of nitrogens with zero attached hydrogens (tertiary/aromatic N) is 1. The van der Waals surface area contributed by atoms with Gasteiger partial charge in [0.25, 0.3) is 11.1 Å². The van der Waals surface area contributed by atoms with Crippen molar-refractivity contribution in [1.29, 1.82) is 0 Å². The van der Waals surface area contributed by atoms with Crippen molar-refractivity contribution in [3.8, 4) is 5.75 Å². The predicted molar refractivity (Wildman–Crippen MR) is 126 cm³/mol. The summed E-state index contributed by atoms with van der Waals surface area (Å²) in [5.41, 5.74) is 3.47. The second-order valence-corrected chi connectivity index (χ2v) is 8.39. The van der Waals surface area contributed by atoms with Crippen molar-refractivity contribution >= 4 is 46.3 Å². The lowest BCUT2D eigenvalue weighted by Gasteiger charge is -2.12. The van der Waals surface area contributed by atoms with Crippen molar-refractivity contribution in [2.24, 2.45) is 0 Å². The highest BCUT2D eigenvalue weighted by Crippen LogP contribution is 2.36. The first-order chi connectivity index (χ1) is 15.0. The van der Waals surface area contributed by atoms with Gasteiger partial charge in [-0.05, 0) is 65.7 Å². The molecular weight excluding hydrogens is 430 g/mol. The molecule has 0 aromatic heterocycles. The first kappa shape index (κ1) is 21.2. The molecule has 0 radical (unpaired) electrons. The van der Waals surface area contributed by atoms with E-state index in [4.69, 9.17) is 16.3 Å². The molecular formula is C25H20ClNO3S. The number of thioether (sulfide) groups is 1. The number of anilines is 1. The number of hydrogen-bond acceptors (Lipinski definition) is 4. The first-order valence-electron chi connectivity index (χ1n) is 9.88. The van der Waals surface area contributed by atoms with Gasteiger partial charge in [-0.1, -0.05) is 61.0 Å². The maximum absolute atomic E-state index is 12.8. The van der Waals surface area contributed by atoms with Crippen LogP contribution in [-0.4, -0.2) is 11.1 Å². The Labute approximate surface area is 190 Å². The summed E-state index contributed by atoms with van der Waals surface area (Å²) in [6, 6.07) is 22.4. The second kappa shape index (κ2) is 9.41. The topological polar surface area (TPSA) is 46.6 Å². The van der Waals surface area contributed by atoms with Crippen LogP contribution in [-0.2, 0) is 17.8 Å². The summed E-state index contributed by atoms with van der Waals surface area (Å²) < 4.78 is 5.79. The monoisotopic (exact) mass is 449 g/mol. The lowest BCUT2D eigenvalue weighted by molar-refractivity contribution is -0.113. The molecule has 0 N–H and O–H groups in total. The molecule has 0 atom stereocenters. The van der Waals surface area contributed by atoms with Crippen molar-refractivity contribution < 1.29 is 14.3 Å². The van der Waals surface area contributed by atoms with Crippen molar-refractivity contribution in [2.45, 2.75) is 20.0 Å². The molecule has 1 fully saturated rings. The van der Waals surface area contributed by atoms with E-state index < -0.39 is 0 Å². The SMILES string of the molecule is CCc1ccc(N2C(=O)S/C(=C\c3ccc(OCc4ccccc4Cl)cc3)C2=O)cc1. The Balaban J connectivity index is 1.45. The molecule has 1 aliphatic rings. The van der Waals surface area contributed by atoms with Gasteiger partial charge in [0, 0.05) is 10.6 Å². The molecule has 1 saturated heterocycles. The molecule has 1 aliphatic heterocycles. The van der Waals surface area contributed by atoms with Gasteiger partial charge in [-0.2, -0.15) is 0 Å². The van der Waals surface area contributed by atoms with E-state index in [0.717, 1.165) is 34.9 Å². The Morgan fingerprint density at radius 3 is 2.35 bits per heavy atom. The summed E-state index contributed by atoms with van der Waals surface area (Å²) in [5.74, 6) is 0.388. The Bertz CT molecular complexity index is 1140. The van der Waals surface area contributed by atoms with Crippen LogP contribution in [0.5, 0.6) is 5.75 Å². The van der Waals surface area contributed by atoms with Gasteiger partial charge in [0.15, 0.2) is 0 Å². The third-order valence-electron chi connectivity index (χ3n) is 4.93. The number of carbonyl (C=O) groups is 2. The lowest BCUT2D eigenvalue weighted by Crippen LogP contribution is -2.27. The fraction of sp³-hybridized carbons (Fsp3) is 0.120. The number of benzene rings is 3. The average Bonchev–Trinajstić information content (AvgIpc) is 3.07. The minimum Gasteiger partial charge on any atom is -0.489 e. The van der Waals surface area contributed by atoms with Gasteiger partial charge >= 0.3 is 0 Å². The normalized spacial score (nSPS) is 15.0. The van der Waals surface area contributed by atoms with Crippen molar-refractivity contribution in [1.82, 2.24) is 0 Å². The third-order valence-corrected chi connectivity index (χ3v) is 6.16. The zero-order valence-corrected chi connectivity index (χ0v) is 18.5. The van der Waals surface area contributed by atoms with Crippen LogP contribution in [0.2, 0.25) is 5.02 Å². The van der Waals surface area contributed by atoms with Crippen LogP contribution < -0.4 is 9.64 Å². The molecule has 3 aromatic carbocycles. The lowest BCUT2D eigenvalue weighted by atomic mass is 10.1. The highest BCUT2D eigenvalue weighted by atomic mass is 35.5. The number of halogens is 1. The quantitative estimate of drug-likeness (QED) is 0.392. The summed E-state index contributed by atoms with van der Waals surface area (Å²) in [6.45, 7) is 2.43. The molecule has 4 nitrogen and oxygen atoms in total. The number of rotatable bonds is 6. The Morgan fingerprint density at radius 2 is 1.68 bits per heavy atom. The van der Waals surface area contributed by atoms with Crippen LogP contribution in [0.25, 0.3) is 6.08 Å². The van der Waals surface area contributed by atoms with Crippen LogP contribution in [0.3, 0.4) is 0 Å². The molecule has 31 heavy (non-hydrogen) atoms. The van der Waals surface area contributed by atoms with E-state index in [-0.39, 0.29) is 11.1 Å². The smallest absolute Gasteiger partial charge is 0.298 e. The summed E-state index contributed by atoms with van der Waals surface area (Å²) in [7, 11) is 0. The minimum absolute atomic E-state index is 0.291. The van der Waals surface area contributed by atoms with Crippen molar-refractivity contribution in [3.63, 3.8) is 0 Å². The predicted octanol–water partition coefficient (Wildman–Crippen LogP) is 6.72. The van der Waals surface area contributed by atoms with Gasteiger partial charge in [-0.3, -0.25) is 9.59 Å². The molecule has 0 spiro atoms. The van der Waals surface area contributed by atoms with Crippen LogP contribution in [0.1, 0.15) is 23.6 Å². The van der Waals surface area contributed by atoms with Crippen molar-refractivity contribution in [2.75, 3.05) is 4.90 Å². The zero-order chi connectivity index (χ0) is 21.8. The van der Waals surface area contributed by atoms with E-state index >= 15 is 0 Å².